The Morgan fingerprint density at radius 1 is 1.10 bits per heavy atom. The monoisotopic (exact) mass is 418 g/mol. The number of aromatic nitrogens is 2. The SMILES string of the molecule is O=C(Nc1ccnn1C1CCCCC1)c1cccc(S(=O)(=O)N2CCOCC2)c1. The van der Waals surface area contributed by atoms with E-state index >= 15 is 0 Å². The number of sulfonamides is 1. The molecule has 2 aromatic rings. The smallest absolute Gasteiger partial charge is 0.256 e. The molecular weight excluding hydrogens is 392 g/mol. The second-order valence-corrected chi connectivity index (χ2v) is 9.39. The number of anilines is 1. The zero-order valence-corrected chi connectivity index (χ0v) is 17.1. The second-order valence-electron chi connectivity index (χ2n) is 7.45. The molecule has 1 aromatic carbocycles. The van der Waals surface area contributed by atoms with Gasteiger partial charge in [0, 0.05) is 24.7 Å². The van der Waals surface area contributed by atoms with E-state index in [2.05, 4.69) is 10.4 Å². The van der Waals surface area contributed by atoms with Crippen LogP contribution >= 0.6 is 0 Å². The van der Waals surface area contributed by atoms with Gasteiger partial charge in [0.05, 0.1) is 30.3 Å². The topological polar surface area (TPSA) is 93.5 Å². The highest BCUT2D eigenvalue weighted by Crippen LogP contribution is 2.30. The minimum atomic E-state index is -3.65. The van der Waals surface area contributed by atoms with Gasteiger partial charge in [-0.15, -0.1) is 0 Å². The molecule has 0 atom stereocenters. The molecule has 1 aliphatic heterocycles. The fourth-order valence-corrected chi connectivity index (χ4v) is 5.41. The van der Waals surface area contributed by atoms with Gasteiger partial charge in [0.15, 0.2) is 0 Å². The molecule has 0 spiro atoms. The van der Waals surface area contributed by atoms with Gasteiger partial charge in [0.25, 0.3) is 5.91 Å². The summed E-state index contributed by atoms with van der Waals surface area (Å²) < 4.78 is 34.2. The molecule has 0 unspecified atom stereocenters. The van der Waals surface area contributed by atoms with E-state index in [0.29, 0.717) is 43.7 Å². The number of rotatable bonds is 5. The van der Waals surface area contributed by atoms with Gasteiger partial charge in [-0.3, -0.25) is 4.79 Å². The first-order valence-electron chi connectivity index (χ1n) is 10.1. The average Bonchev–Trinajstić information content (AvgIpc) is 3.23. The highest BCUT2D eigenvalue weighted by Gasteiger charge is 2.27. The molecule has 1 N–H and O–H groups in total. The fourth-order valence-electron chi connectivity index (χ4n) is 3.95. The summed E-state index contributed by atoms with van der Waals surface area (Å²) in [6.07, 6.45) is 7.36. The lowest BCUT2D eigenvalue weighted by Gasteiger charge is -2.26. The van der Waals surface area contributed by atoms with Crippen LogP contribution in [0, 0.1) is 0 Å². The number of carbonyl (C=O) groups is 1. The third-order valence-electron chi connectivity index (χ3n) is 5.54. The third-order valence-corrected chi connectivity index (χ3v) is 7.43. The first kappa shape index (κ1) is 20.1. The third kappa shape index (κ3) is 4.36. The van der Waals surface area contributed by atoms with E-state index in [4.69, 9.17) is 4.74 Å². The molecule has 1 aromatic heterocycles. The van der Waals surface area contributed by atoms with Crippen LogP contribution in [0.4, 0.5) is 5.82 Å². The molecule has 2 heterocycles. The fraction of sp³-hybridized carbons (Fsp3) is 0.500. The second kappa shape index (κ2) is 8.64. The van der Waals surface area contributed by atoms with Gasteiger partial charge in [-0.2, -0.15) is 9.40 Å². The van der Waals surface area contributed by atoms with E-state index in [1.54, 1.807) is 24.4 Å². The molecule has 9 heteroatoms. The molecule has 1 saturated heterocycles. The van der Waals surface area contributed by atoms with Gasteiger partial charge >= 0.3 is 0 Å². The summed E-state index contributed by atoms with van der Waals surface area (Å²) in [5, 5.41) is 7.29. The number of nitrogens with one attached hydrogen (secondary N) is 1. The number of hydrogen-bond donors (Lipinski definition) is 1. The van der Waals surface area contributed by atoms with Crippen molar-refractivity contribution in [2.24, 2.45) is 0 Å². The van der Waals surface area contributed by atoms with Crippen LogP contribution in [0.15, 0.2) is 41.4 Å². The van der Waals surface area contributed by atoms with Crippen LogP contribution in [0.25, 0.3) is 0 Å². The van der Waals surface area contributed by atoms with Crippen molar-refractivity contribution in [2.75, 3.05) is 31.6 Å². The average molecular weight is 419 g/mol. The van der Waals surface area contributed by atoms with Crippen molar-refractivity contribution in [3.63, 3.8) is 0 Å². The summed E-state index contributed by atoms with van der Waals surface area (Å²) in [7, 11) is -3.65. The van der Waals surface area contributed by atoms with Crippen molar-refractivity contribution in [3.05, 3.63) is 42.1 Å². The molecule has 29 heavy (non-hydrogen) atoms. The number of benzene rings is 1. The Hall–Kier alpha value is -2.23. The molecule has 0 radical (unpaired) electrons. The summed E-state index contributed by atoms with van der Waals surface area (Å²) in [4.78, 5) is 12.9. The Bertz CT molecular complexity index is 960. The number of nitrogens with zero attached hydrogens (tertiary/aromatic N) is 3. The lowest BCUT2D eigenvalue weighted by atomic mass is 9.96. The quantitative estimate of drug-likeness (QED) is 0.806. The van der Waals surface area contributed by atoms with Gasteiger partial charge in [-0.25, -0.2) is 13.1 Å². The summed E-state index contributed by atoms with van der Waals surface area (Å²) in [6, 6.07) is 8.24. The van der Waals surface area contributed by atoms with Crippen LogP contribution < -0.4 is 5.32 Å². The first-order chi connectivity index (χ1) is 14.1. The van der Waals surface area contributed by atoms with Gasteiger partial charge < -0.3 is 10.1 Å². The van der Waals surface area contributed by atoms with Gasteiger partial charge in [-0.1, -0.05) is 25.3 Å². The van der Waals surface area contributed by atoms with Crippen LogP contribution in [-0.4, -0.2) is 54.7 Å². The predicted molar refractivity (Wildman–Crippen MR) is 108 cm³/mol. The predicted octanol–water partition coefficient (Wildman–Crippen LogP) is 2.66. The molecular formula is C20H26N4O4S. The van der Waals surface area contributed by atoms with Crippen LogP contribution in [0.5, 0.6) is 0 Å². The molecule has 8 nitrogen and oxygen atoms in total. The van der Waals surface area contributed by atoms with E-state index in [9.17, 15) is 13.2 Å². The van der Waals surface area contributed by atoms with Crippen LogP contribution in [0.1, 0.15) is 48.5 Å². The lowest BCUT2D eigenvalue weighted by Crippen LogP contribution is -2.40. The Labute approximate surface area is 170 Å². The Morgan fingerprint density at radius 3 is 2.62 bits per heavy atom. The van der Waals surface area contributed by atoms with E-state index in [1.165, 1.54) is 35.7 Å². The number of hydrogen-bond acceptors (Lipinski definition) is 5. The normalized spacial score (nSPS) is 19.2. The van der Waals surface area contributed by atoms with E-state index in [0.717, 1.165) is 12.8 Å². The molecule has 1 saturated carbocycles. The lowest BCUT2D eigenvalue weighted by molar-refractivity contribution is 0.0730. The van der Waals surface area contributed by atoms with E-state index in [-0.39, 0.29) is 10.8 Å². The molecule has 2 aliphatic rings. The van der Waals surface area contributed by atoms with Crippen LogP contribution in [0.2, 0.25) is 0 Å². The van der Waals surface area contributed by atoms with Crippen molar-refractivity contribution >= 4 is 21.7 Å². The summed E-state index contributed by atoms with van der Waals surface area (Å²) in [5.74, 6) is 0.296. The van der Waals surface area contributed by atoms with Gasteiger partial charge in [-0.05, 0) is 31.0 Å². The largest absolute Gasteiger partial charge is 0.379 e. The highest BCUT2D eigenvalue weighted by molar-refractivity contribution is 7.89. The Balaban J connectivity index is 1.52. The highest BCUT2D eigenvalue weighted by atomic mass is 32.2. The standard InChI is InChI=1S/C20H26N4O4S/c25-20(22-19-9-10-21-24(19)17-6-2-1-3-7-17)16-5-4-8-18(15-16)29(26,27)23-11-13-28-14-12-23/h4-5,8-10,15,17H,1-3,6-7,11-14H2,(H,22,25). The van der Waals surface area contributed by atoms with Crippen molar-refractivity contribution in [2.45, 2.75) is 43.0 Å². The first-order valence-corrected chi connectivity index (χ1v) is 11.5. The molecule has 4 rings (SSSR count). The van der Waals surface area contributed by atoms with Crippen molar-refractivity contribution in [1.29, 1.82) is 0 Å². The molecule has 156 valence electrons. The maximum atomic E-state index is 12.9. The molecule has 0 bridgehead atoms. The summed E-state index contributed by atoms with van der Waals surface area (Å²) in [6.45, 7) is 1.40. The van der Waals surface area contributed by atoms with Crippen LogP contribution in [-0.2, 0) is 14.8 Å². The molecule has 1 amide bonds. The number of amides is 1. The zero-order valence-electron chi connectivity index (χ0n) is 16.3. The van der Waals surface area contributed by atoms with E-state index < -0.39 is 10.0 Å². The number of morpholine rings is 1. The van der Waals surface area contributed by atoms with Crippen LogP contribution in [0.3, 0.4) is 0 Å². The van der Waals surface area contributed by atoms with Gasteiger partial charge in [0.2, 0.25) is 10.0 Å². The minimum Gasteiger partial charge on any atom is -0.379 e. The zero-order chi connectivity index (χ0) is 20.3. The minimum absolute atomic E-state index is 0.118. The van der Waals surface area contributed by atoms with Crippen molar-refractivity contribution in [1.82, 2.24) is 14.1 Å². The molecule has 2 fully saturated rings. The van der Waals surface area contributed by atoms with E-state index in [1.807, 2.05) is 4.68 Å². The van der Waals surface area contributed by atoms with Crippen molar-refractivity contribution in [3.8, 4) is 0 Å². The van der Waals surface area contributed by atoms with Crippen molar-refractivity contribution < 1.29 is 17.9 Å². The maximum absolute atomic E-state index is 12.9. The Kier molecular flexibility index (Phi) is 5.98. The number of ether oxygens (including phenoxy) is 1. The maximum Gasteiger partial charge on any atom is 0.256 e. The number of carbonyl (C=O) groups excluding carboxylic acids is 1. The van der Waals surface area contributed by atoms with Gasteiger partial charge in [0.1, 0.15) is 5.82 Å². The summed E-state index contributed by atoms with van der Waals surface area (Å²) in [5.41, 5.74) is 0.302. The Morgan fingerprint density at radius 2 is 1.86 bits per heavy atom. The molecule has 1 aliphatic carbocycles. The summed E-state index contributed by atoms with van der Waals surface area (Å²) >= 11 is 0.